The fourth-order valence-electron chi connectivity index (χ4n) is 3.76. The molecule has 0 aromatic carbocycles. The highest BCUT2D eigenvalue weighted by molar-refractivity contribution is 7.11. The lowest BCUT2D eigenvalue weighted by Gasteiger charge is -2.48. The summed E-state index contributed by atoms with van der Waals surface area (Å²) in [6.45, 7) is 8.86. The molecular weight excluding hydrogens is 268 g/mol. The Kier molecular flexibility index (Phi) is 3.59. The molecule has 1 aromatic rings. The summed E-state index contributed by atoms with van der Waals surface area (Å²) in [7, 11) is 0. The molecule has 0 spiro atoms. The molecule has 110 valence electrons. The number of hydrogen-bond acceptors (Lipinski definition) is 4. The molecule has 0 N–H and O–H groups in total. The number of aryl methyl sites for hydroxylation is 1. The zero-order valence-corrected chi connectivity index (χ0v) is 13.1. The quantitative estimate of drug-likeness (QED) is 0.850. The van der Waals surface area contributed by atoms with Crippen molar-refractivity contribution in [3.63, 3.8) is 0 Å². The van der Waals surface area contributed by atoms with Gasteiger partial charge in [-0.15, -0.1) is 11.3 Å². The molecule has 1 saturated carbocycles. The lowest BCUT2D eigenvalue weighted by Crippen LogP contribution is -2.62. The monoisotopic (exact) mass is 292 g/mol. The number of rotatable bonds is 3. The Morgan fingerprint density at radius 2 is 2.15 bits per heavy atom. The van der Waals surface area contributed by atoms with Gasteiger partial charge < -0.3 is 4.74 Å². The van der Waals surface area contributed by atoms with Gasteiger partial charge in [0.2, 0.25) is 0 Å². The fourth-order valence-corrected chi connectivity index (χ4v) is 4.69. The van der Waals surface area contributed by atoms with Crippen LogP contribution in [-0.4, -0.2) is 54.7 Å². The highest BCUT2D eigenvalue weighted by Gasteiger charge is 2.42. The van der Waals surface area contributed by atoms with Crippen LogP contribution in [0.5, 0.6) is 0 Å². The third kappa shape index (κ3) is 2.67. The van der Waals surface area contributed by atoms with Crippen molar-refractivity contribution in [1.82, 2.24) is 9.80 Å². The number of fused-ring (bicyclic) bond motifs is 1. The van der Waals surface area contributed by atoms with Crippen LogP contribution in [0.25, 0.3) is 0 Å². The van der Waals surface area contributed by atoms with E-state index in [1.165, 1.54) is 42.2 Å². The van der Waals surface area contributed by atoms with E-state index in [4.69, 9.17) is 4.74 Å². The molecule has 3 nitrogen and oxygen atoms in total. The summed E-state index contributed by atoms with van der Waals surface area (Å²) in [5.41, 5.74) is 0. The van der Waals surface area contributed by atoms with E-state index in [2.05, 4.69) is 28.9 Å². The number of ether oxygens (including phenoxy) is 1. The first-order chi connectivity index (χ1) is 9.79. The largest absolute Gasteiger partial charge is 0.378 e. The first-order valence-electron chi connectivity index (χ1n) is 7.91. The van der Waals surface area contributed by atoms with Gasteiger partial charge in [0, 0.05) is 48.0 Å². The Morgan fingerprint density at radius 1 is 1.25 bits per heavy atom. The van der Waals surface area contributed by atoms with Crippen molar-refractivity contribution in [3.05, 3.63) is 21.9 Å². The van der Waals surface area contributed by atoms with Crippen LogP contribution < -0.4 is 0 Å². The number of hydrogen-bond donors (Lipinski definition) is 0. The summed E-state index contributed by atoms with van der Waals surface area (Å²) in [5, 5.41) is 0. The molecule has 20 heavy (non-hydrogen) atoms. The maximum absolute atomic E-state index is 5.89. The number of piperazine rings is 1. The van der Waals surface area contributed by atoms with Gasteiger partial charge in [0.25, 0.3) is 0 Å². The standard InChI is InChI=1S/C16H24N2OS/c1-12-2-5-15(20-12)9-17-6-7-18-14(8-17)10-19-11-16(18)13-3-4-13/h2,5,13-14,16H,3-4,6-11H2,1H3/t14-,16-/m1/s1. The van der Waals surface area contributed by atoms with Gasteiger partial charge in [0.1, 0.15) is 0 Å². The molecular formula is C16H24N2OS. The van der Waals surface area contributed by atoms with Crippen molar-refractivity contribution in [2.24, 2.45) is 5.92 Å². The first-order valence-corrected chi connectivity index (χ1v) is 8.72. The van der Waals surface area contributed by atoms with E-state index in [-0.39, 0.29) is 0 Å². The molecule has 0 bridgehead atoms. The molecule has 4 heteroatoms. The maximum Gasteiger partial charge on any atom is 0.0635 e. The van der Waals surface area contributed by atoms with Crippen LogP contribution >= 0.6 is 11.3 Å². The van der Waals surface area contributed by atoms with Crippen LogP contribution in [0, 0.1) is 12.8 Å². The normalized spacial score (nSPS) is 32.2. The van der Waals surface area contributed by atoms with Crippen molar-refractivity contribution in [3.8, 4) is 0 Å². The third-order valence-corrected chi connectivity index (χ3v) is 5.96. The van der Waals surface area contributed by atoms with Gasteiger partial charge in [0.15, 0.2) is 0 Å². The molecule has 0 radical (unpaired) electrons. The fraction of sp³-hybridized carbons (Fsp3) is 0.750. The van der Waals surface area contributed by atoms with Crippen molar-refractivity contribution in [2.45, 2.75) is 38.4 Å². The van der Waals surface area contributed by atoms with Crippen molar-refractivity contribution in [1.29, 1.82) is 0 Å². The van der Waals surface area contributed by atoms with Crippen molar-refractivity contribution >= 4 is 11.3 Å². The van der Waals surface area contributed by atoms with Gasteiger partial charge in [-0.3, -0.25) is 9.80 Å². The predicted octanol–water partition coefficient (Wildman–Crippen LogP) is 2.35. The maximum atomic E-state index is 5.89. The van der Waals surface area contributed by atoms with Crippen molar-refractivity contribution < 1.29 is 4.74 Å². The molecule has 1 aromatic heterocycles. The smallest absolute Gasteiger partial charge is 0.0635 e. The van der Waals surface area contributed by atoms with E-state index in [0.29, 0.717) is 6.04 Å². The van der Waals surface area contributed by atoms with Crippen molar-refractivity contribution in [2.75, 3.05) is 32.8 Å². The van der Waals surface area contributed by atoms with Gasteiger partial charge in [0.05, 0.1) is 13.2 Å². The second-order valence-corrected chi connectivity index (χ2v) is 7.95. The molecule has 1 aliphatic carbocycles. The Labute approximate surface area is 125 Å². The van der Waals surface area contributed by atoms with Gasteiger partial charge in [-0.05, 0) is 37.8 Å². The minimum Gasteiger partial charge on any atom is -0.378 e. The molecule has 0 unspecified atom stereocenters. The highest BCUT2D eigenvalue weighted by Crippen LogP contribution is 2.38. The zero-order valence-electron chi connectivity index (χ0n) is 12.3. The summed E-state index contributed by atoms with van der Waals surface area (Å²) >= 11 is 1.94. The van der Waals surface area contributed by atoms with Crippen LogP contribution in [-0.2, 0) is 11.3 Å². The number of morpholine rings is 1. The molecule has 3 heterocycles. The van der Waals surface area contributed by atoms with E-state index in [0.717, 1.165) is 31.7 Å². The molecule has 2 aliphatic heterocycles. The van der Waals surface area contributed by atoms with Gasteiger partial charge in [-0.2, -0.15) is 0 Å². The molecule has 3 fully saturated rings. The SMILES string of the molecule is Cc1ccc(CN2CCN3[C@@H](COC[C@@H]3C3CC3)C2)s1. The molecule has 2 atom stereocenters. The Morgan fingerprint density at radius 3 is 2.90 bits per heavy atom. The number of thiophene rings is 1. The summed E-state index contributed by atoms with van der Waals surface area (Å²) in [6, 6.07) is 5.88. The van der Waals surface area contributed by atoms with E-state index in [1.54, 1.807) is 0 Å². The highest BCUT2D eigenvalue weighted by atomic mass is 32.1. The average molecular weight is 292 g/mol. The Bertz CT molecular complexity index is 471. The van der Waals surface area contributed by atoms with Gasteiger partial charge in [-0.25, -0.2) is 0 Å². The summed E-state index contributed by atoms with van der Waals surface area (Å²) in [4.78, 5) is 8.31. The van der Waals surface area contributed by atoms with Crippen LogP contribution in [0.1, 0.15) is 22.6 Å². The van der Waals surface area contributed by atoms with E-state index in [1.807, 2.05) is 11.3 Å². The van der Waals surface area contributed by atoms with E-state index < -0.39 is 0 Å². The summed E-state index contributed by atoms with van der Waals surface area (Å²) in [5.74, 6) is 0.935. The predicted molar refractivity (Wildman–Crippen MR) is 82.2 cm³/mol. The Balaban J connectivity index is 1.39. The second kappa shape index (κ2) is 5.41. The van der Waals surface area contributed by atoms with Crippen LogP contribution in [0.3, 0.4) is 0 Å². The Hall–Kier alpha value is -0.420. The molecule has 2 saturated heterocycles. The van der Waals surface area contributed by atoms with Gasteiger partial charge in [-0.1, -0.05) is 0 Å². The average Bonchev–Trinajstić information content (AvgIpc) is 3.22. The summed E-state index contributed by atoms with van der Waals surface area (Å²) < 4.78 is 5.89. The first kappa shape index (κ1) is 13.3. The number of nitrogens with zero attached hydrogens (tertiary/aromatic N) is 2. The second-order valence-electron chi connectivity index (χ2n) is 6.58. The molecule has 0 amide bonds. The summed E-state index contributed by atoms with van der Waals surface area (Å²) in [6.07, 6.45) is 2.85. The van der Waals surface area contributed by atoms with E-state index in [9.17, 15) is 0 Å². The van der Waals surface area contributed by atoms with Crippen LogP contribution in [0.2, 0.25) is 0 Å². The molecule has 3 aliphatic rings. The minimum atomic E-state index is 0.629. The van der Waals surface area contributed by atoms with Gasteiger partial charge >= 0.3 is 0 Å². The lowest BCUT2D eigenvalue weighted by atomic mass is 10.0. The minimum absolute atomic E-state index is 0.629. The molecule has 4 rings (SSSR count). The van der Waals surface area contributed by atoms with Crippen LogP contribution in [0.4, 0.5) is 0 Å². The lowest BCUT2D eigenvalue weighted by molar-refractivity contribution is -0.0878. The van der Waals surface area contributed by atoms with Crippen LogP contribution in [0.15, 0.2) is 12.1 Å². The topological polar surface area (TPSA) is 15.7 Å². The zero-order chi connectivity index (χ0) is 13.5. The van der Waals surface area contributed by atoms with E-state index >= 15 is 0 Å². The third-order valence-electron chi connectivity index (χ3n) is 4.98.